The predicted molar refractivity (Wildman–Crippen MR) is 211 cm³/mol. The van der Waals surface area contributed by atoms with Crippen molar-refractivity contribution in [1.29, 1.82) is 0 Å². The Kier molecular flexibility index (Phi) is 21.9. The fourth-order valence-electron chi connectivity index (χ4n) is 6.56. The molecule has 2 rings (SSSR count). The average molecular weight is 722 g/mol. The van der Waals surface area contributed by atoms with Gasteiger partial charge >= 0.3 is 0 Å². The van der Waals surface area contributed by atoms with E-state index in [2.05, 4.69) is 17.2 Å². The number of para-hydroxylation sites is 1. The van der Waals surface area contributed by atoms with Crippen molar-refractivity contribution in [2.75, 3.05) is 13.1 Å². The molecule has 11 heteroatoms. The number of rotatable bonds is 29. The topological polar surface area (TPSA) is 187 Å². The highest BCUT2D eigenvalue weighted by molar-refractivity contribution is 5.93. The summed E-state index contributed by atoms with van der Waals surface area (Å²) < 4.78 is 0. The Hall–Kier alpha value is -4.02. The Morgan fingerprint density at radius 2 is 1.42 bits per heavy atom. The summed E-state index contributed by atoms with van der Waals surface area (Å²) in [5.74, 6) is -1.95. The predicted octanol–water partition coefficient (Wildman–Crippen LogP) is 6.69. The lowest BCUT2D eigenvalue weighted by Gasteiger charge is -2.25. The third kappa shape index (κ3) is 19.0. The maximum Gasteiger partial charge on any atom is 0.240 e. The van der Waals surface area contributed by atoms with Crippen LogP contribution in [0.1, 0.15) is 142 Å². The highest BCUT2D eigenvalue weighted by Gasteiger charge is 2.28. The number of ketones is 1. The summed E-state index contributed by atoms with van der Waals surface area (Å²) in [6.45, 7) is 6.39. The molecule has 1 aromatic carbocycles. The SMILES string of the molecule is CCCCCCCCCCCCCCCC(=O)N(CC(=O)N[C@@H](CCCN=C(N)N)C(=O)C[C@@H](CC(C)C)C(N)=O)Cc1ccc2ccccc2n1. The first-order valence-electron chi connectivity index (χ1n) is 19.8. The molecule has 290 valence electrons. The van der Waals surface area contributed by atoms with E-state index in [0.29, 0.717) is 25.0 Å². The molecule has 0 spiro atoms. The highest BCUT2D eigenvalue weighted by atomic mass is 16.2. The van der Waals surface area contributed by atoms with Gasteiger partial charge in [-0.2, -0.15) is 0 Å². The zero-order valence-electron chi connectivity index (χ0n) is 32.3. The van der Waals surface area contributed by atoms with Crippen molar-refractivity contribution in [1.82, 2.24) is 15.2 Å². The first kappa shape index (κ1) is 44.1. The van der Waals surface area contributed by atoms with Crippen molar-refractivity contribution in [2.24, 2.45) is 34.0 Å². The molecule has 0 aliphatic heterocycles. The van der Waals surface area contributed by atoms with Gasteiger partial charge in [-0.3, -0.25) is 29.2 Å². The Morgan fingerprint density at radius 3 is 2.02 bits per heavy atom. The molecule has 0 aliphatic carbocycles. The molecule has 2 aromatic rings. The number of unbranched alkanes of at least 4 members (excludes halogenated alkanes) is 12. The molecule has 0 aliphatic rings. The van der Waals surface area contributed by atoms with Crippen LogP contribution in [0.4, 0.5) is 0 Å². The molecule has 0 bridgehead atoms. The zero-order chi connectivity index (χ0) is 38.1. The monoisotopic (exact) mass is 722 g/mol. The van der Waals surface area contributed by atoms with E-state index in [-0.39, 0.29) is 56.0 Å². The number of aromatic nitrogens is 1. The summed E-state index contributed by atoms with van der Waals surface area (Å²) in [6.07, 6.45) is 17.2. The Balaban J connectivity index is 2.04. The van der Waals surface area contributed by atoms with Crippen LogP contribution in [0.15, 0.2) is 41.4 Å². The number of nitrogens with two attached hydrogens (primary N) is 3. The second kappa shape index (κ2) is 25.9. The van der Waals surface area contributed by atoms with E-state index in [1.165, 1.54) is 69.1 Å². The van der Waals surface area contributed by atoms with Crippen molar-refractivity contribution < 1.29 is 19.2 Å². The number of primary amides is 1. The summed E-state index contributed by atoms with van der Waals surface area (Å²) in [5.41, 5.74) is 18.0. The number of Topliss-reactive ketones (excluding diaryl/α,β-unsaturated/α-hetero) is 1. The number of nitrogens with zero attached hydrogens (tertiary/aromatic N) is 3. The molecule has 11 nitrogen and oxygen atoms in total. The van der Waals surface area contributed by atoms with Crippen molar-refractivity contribution in [3.63, 3.8) is 0 Å². The van der Waals surface area contributed by atoms with E-state index in [1.54, 1.807) is 0 Å². The third-order valence-electron chi connectivity index (χ3n) is 9.47. The third-order valence-corrected chi connectivity index (χ3v) is 9.47. The Morgan fingerprint density at radius 1 is 0.808 bits per heavy atom. The molecule has 0 radical (unpaired) electrons. The molecular formula is C41H67N7O4. The lowest BCUT2D eigenvalue weighted by molar-refractivity contribution is -0.137. The van der Waals surface area contributed by atoms with Crippen LogP contribution in [0.3, 0.4) is 0 Å². The minimum Gasteiger partial charge on any atom is -0.370 e. The summed E-state index contributed by atoms with van der Waals surface area (Å²) in [7, 11) is 0. The van der Waals surface area contributed by atoms with Gasteiger partial charge in [0.2, 0.25) is 17.7 Å². The smallest absolute Gasteiger partial charge is 0.240 e. The molecule has 0 unspecified atom stereocenters. The standard InChI is InChI=1S/C41H67N7O4/c1-4-5-6-7-8-9-10-11-12-13-14-15-16-23-39(51)48(29-34-25-24-32-20-17-18-21-35(32)46-34)30-38(50)47-36(22-19-26-45-41(43)44)37(49)28-33(40(42)52)27-31(2)3/h17-18,20-21,24-25,31,33,36H,4-16,19,22-23,26-30H2,1-3H3,(H2,42,52)(H,47,50)(H4,43,44,45)/t33-,36+/m1/s1. The fraction of sp³-hybridized carbons (Fsp3) is 0.659. The van der Waals surface area contributed by atoms with E-state index < -0.39 is 23.8 Å². The van der Waals surface area contributed by atoms with Gasteiger partial charge in [-0.15, -0.1) is 0 Å². The van der Waals surface area contributed by atoms with E-state index >= 15 is 0 Å². The highest BCUT2D eigenvalue weighted by Crippen LogP contribution is 2.19. The molecular weight excluding hydrogens is 654 g/mol. The molecule has 0 saturated carbocycles. The van der Waals surface area contributed by atoms with Gasteiger partial charge in [0, 0.05) is 30.7 Å². The minimum absolute atomic E-state index is 0.0578. The van der Waals surface area contributed by atoms with Gasteiger partial charge in [-0.1, -0.05) is 122 Å². The number of fused-ring (bicyclic) bond motifs is 1. The van der Waals surface area contributed by atoms with Crippen LogP contribution < -0.4 is 22.5 Å². The summed E-state index contributed by atoms with van der Waals surface area (Å²) in [5, 5.41) is 3.84. The molecule has 0 saturated heterocycles. The molecule has 1 heterocycles. The van der Waals surface area contributed by atoms with Gasteiger partial charge in [0.05, 0.1) is 30.3 Å². The second-order valence-electron chi connectivity index (χ2n) is 14.7. The van der Waals surface area contributed by atoms with Gasteiger partial charge < -0.3 is 27.4 Å². The fourth-order valence-corrected chi connectivity index (χ4v) is 6.56. The van der Waals surface area contributed by atoms with Crippen LogP contribution in [0, 0.1) is 11.8 Å². The van der Waals surface area contributed by atoms with Crippen LogP contribution >= 0.6 is 0 Å². The number of guanidine groups is 1. The molecule has 2 atom stereocenters. The maximum absolute atomic E-state index is 13.6. The Labute approximate surface area is 312 Å². The van der Waals surface area contributed by atoms with Gasteiger partial charge in [0.1, 0.15) is 0 Å². The van der Waals surface area contributed by atoms with Crippen LogP contribution in [0.25, 0.3) is 10.9 Å². The maximum atomic E-state index is 13.6. The average Bonchev–Trinajstić information content (AvgIpc) is 3.10. The number of hydrogen-bond acceptors (Lipinski definition) is 6. The van der Waals surface area contributed by atoms with Crippen LogP contribution in [-0.4, -0.2) is 58.5 Å². The number of pyridine rings is 1. The largest absolute Gasteiger partial charge is 0.370 e. The van der Waals surface area contributed by atoms with Crippen LogP contribution in [0.2, 0.25) is 0 Å². The number of benzene rings is 1. The molecule has 3 amide bonds. The number of nitrogens with one attached hydrogen (secondary N) is 1. The zero-order valence-corrected chi connectivity index (χ0v) is 32.3. The van der Waals surface area contributed by atoms with E-state index in [4.69, 9.17) is 22.2 Å². The molecule has 7 N–H and O–H groups in total. The van der Waals surface area contributed by atoms with Crippen molar-refractivity contribution in [3.05, 3.63) is 42.1 Å². The summed E-state index contributed by atoms with van der Waals surface area (Å²) in [6, 6.07) is 10.7. The summed E-state index contributed by atoms with van der Waals surface area (Å²) in [4.78, 5) is 63.1. The van der Waals surface area contributed by atoms with E-state index in [0.717, 1.165) is 30.2 Å². The van der Waals surface area contributed by atoms with Gasteiger partial charge in [0.25, 0.3) is 0 Å². The number of carbonyl (C=O) groups is 4. The second-order valence-corrected chi connectivity index (χ2v) is 14.7. The number of carbonyl (C=O) groups excluding carboxylic acids is 4. The lowest BCUT2D eigenvalue weighted by atomic mass is 9.89. The van der Waals surface area contributed by atoms with Crippen molar-refractivity contribution in [3.8, 4) is 0 Å². The lowest BCUT2D eigenvalue weighted by Crippen LogP contribution is -2.47. The van der Waals surface area contributed by atoms with Crippen molar-refractivity contribution >= 4 is 40.4 Å². The van der Waals surface area contributed by atoms with E-state index in [9.17, 15) is 19.2 Å². The quantitative estimate of drug-likeness (QED) is 0.0409. The first-order chi connectivity index (χ1) is 25.0. The molecule has 1 aromatic heterocycles. The van der Waals surface area contributed by atoms with Gasteiger partial charge in [-0.25, -0.2) is 0 Å². The van der Waals surface area contributed by atoms with Gasteiger partial charge in [-0.05, 0) is 43.7 Å². The Bertz CT molecular complexity index is 1390. The first-order valence-corrected chi connectivity index (χ1v) is 19.8. The van der Waals surface area contributed by atoms with E-state index in [1.807, 2.05) is 50.2 Å². The number of aliphatic imine (C=N–C) groups is 1. The normalized spacial score (nSPS) is 12.4. The molecule has 0 fully saturated rings. The summed E-state index contributed by atoms with van der Waals surface area (Å²) >= 11 is 0. The van der Waals surface area contributed by atoms with Gasteiger partial charge in [0.15, 0.2) is 11.7 Å². The number of hydrogen-bond donors (Lipinski definition) is 4. The number of amides is 3. The van der Waals surface area contributed by atoms with Crippen LogP contribution in [-0.2, 0) is 25.7 Å². The molecule has 52 heavy (non-hydrogen) atoms. The minimum atomic E-state index is -0.882. The van der Waals surface area contributed by atoms with Crippen LogP contribution in [0.5, 0.6) is 0 Å². The van der Waals surface area contributed by atoms with Crippen molar-refractivity contribution in [2.45, 2.75) is 149 Å².